The number of carbonyl (C=O) groups is 2. The molecule has 0 radical (unpaired) electrons. The molecule has 2 amide bonds. The Morgan fingerprint density at radius 2 is 1.14 bits per heavy atom. The van der Waals surface area contributed by atoms with Gasteiger partial charge in [0.15, 0.2) is 5.54 Å². The first-order chi connectivity index (χ1) is 20.9. The van der Waals surface area contributed by atoms with Crippen LogP contribution in [0.2, 0.25) is 0 Å². The van der Waals surface area contributed by atoms with Gasteiger partial charge in [0.05, 0.1) is 6.04 Å². The monoisotopic (exact) mass is 564 g/mol. The van der Waals surface area contributed by atoms with Crippen LogP contribution in [0, 0.1) is 20.8 Å². The Balaban J connectivity index is 1.59. The summed E-state index contributed by atoms with van der Waals surface area (Å²) in [6.07, 6.45) is 0. The molecule has 0 N–H and O–H groups in total. The minimum Gasteiger partial charge on any atom is -0.326 e. The van der Waals surface area contributed by atoms with Crippen molar-refractivity contribution in [3.8, 4) is 0 Å². The Kier molecular flexibility index (Phi) is 7.69. The molecule has 1 saturated heterocycles. The SMILES string of the molecule is Cc1ccc(C(=O)N(Cc2ccccc2)[C@]2(c3ccc(C)cc3)C(=O)N(Cc3ccccc3)[C@@H]2c2ccc(C)cc2)cc1. The van der Waals surface area contributed by atoms with Crippen LogP contribution in [-0.2, 0) is 23.4 Å². The van der Waals surface area contributed by atoms with Crippen molar-refractivity contribution >= 4 is 11.8 Å². The number of β-lactam (4-membered cyclic amide) rings is 1. The number of aryl methyl sites for hydroxylation is 3. The largest absolute Gasteiger partial charge is 0.326 e. The lowest BCUT2D eigenvalue weighted by atomic mass is 9.68. The van der Waals surface area contributed by atoms with Gasteiger partial charge in [-0.15, -0.1) is 0 Å². The molecule has 0 aliphatic carbocycles. The molecule has 1 heterocycles. The summed E-state index contributed by atoms with van der Waals surface area (Å²) < 4.78 is 0. The van der Waals surface area contributed by atoms with E-state index >= 15 is 0 Å². The van der Waals surface area contributed by atoms with Crippen LogP contribution >= 0.6 is 0 Å². The summed E-state index contributed by atoms with van der Waals surface area (Å²) in [6, 6.07) is 43.7. The Labute approximate surface area is 254 Å². The molecule has 0 unspecified atom stereocenters. The third-order valence-electron chi connectivity index (χ3n) is 8.53. The Morgan fingerprint density at radius 1 is 0.651 bits per heavy atom. The minimum absolute atomic E-state index is 0.0813. The first-order valence-electron chi connectivity index (χ1n) is 14.8. The fourth-order valence-corrected chi connectivity index (χ4v) is 6.21. The van der Waals surface area contributed by atoms with E-state index in [1.165, 1.54) is 0 Å². The Hall–Kier alpha value is -4.96. The molecule has 2 atom stereocenters. The van der Waals surface area contributed by atoms with Crippen LogP contribution in [0.5, 0.6) is 0 Å². The summed E-state index contributed by atoms with van der Waals surface area (Å²) in [4.78, 5) is 33.5. The third kappa shape index (κ3) is 5.25. The van der Waals surface area contributed by atoms with Gasteiger partial charge < -0.3 is 9.80 Å². The standard InChI is InChI=1S/C39H36N2O2/c1-28-14-20-33(21-15-28)36-39(35-24-18-30(3)19-25-35,38(43)40(36)26-31-10-6-4-7-11-31)41(27-32-12-8-5-9-13-32)37(42)34-22-16-29(2)17-23-34/h4-25,36H,26-27H2,1-3H3/t36-,39+/m1/s1. The lowest BCUT2D eigenvalue weighted by Crippen LogP contribution is -2.73. The Morgan fingerprint density at radius 3 is 1.70 bits per heavy atom. The molecule has 1 fully saturated rings. The van der Waals surface area contributed by atoms with E-state index in [-0.39, 0.29) is 18.4 Å². The van der Waals surface area contributed by atoms with Crippen LogP contribution < -0.4 is 0 Å². The van der Waals surface area contributed by atoms with Crippen molar-refractivity contribution in [2.75, 3.05) is 0 Å². The lowest BCUT2D eigenvalue weighted by molar-refractivity contribution is -0.179. The van der Waals surface area contributed by atoms with Crippen LogP contribution in [0.25, 0.3) is 0 Å². The average molecular weight is 565 g/mol. The van der Waals surface area contributed by atoms with Gasteiger partial charge in [-0.3, -0.25) is 9.59 Å². The summed E-state index contributed by atoms with van der Waals surface area (Å²) in [5.41, 5.74) is 6.44. The molecule has 214 valence electrons. The maximum absolute atomic E-state index is 15.0. The van der Waals surface area contributed by atoms with Crippen molar-refractivity contribution in [1.29, 1.82) is 0 Å². The number of likely N-dealkylation sites (tertiary alicyclic amines) is 1. The molecule has 1 aliphatic rings. The molecule has 1 aliphatic heterocycles. The van der Waals surface area contributed by atoms with E-state index in [0.29, 0.717) is 12.1 Å². The van der Waals surface area contributed by atoms with Gasteiger partial charge in [0.1, 0.15) is 0 Å². The van der Waals surface area contributed by atoms with Gasteiger partial charge in [0, 0.05) is 18.7 Å². The first-order valence-corrected chi connectivity index (χ1v) is 14.8. The summed E-state index contributed by atoms with van der Waals surface area (Å²) in [5, 5.41) is 0. The summed E-state index contributed by atoms with van der Waals surface area (Å²) in [7, 11) is 0. The van der Waals surface area contributed by atoms with E-state index < -0.39 is 11.6 Å². The van der Waals surface area contributed by atoms with Crippen molar-refractivity contribution in [2.24, 2.45) is 0 Å². The molecule has 5 aromatic carbocycles. The zero-order valence-electron chi connectivity index (χ0n) is 24.9. The fraction of sp³-hybridized carbons (Fsp3) is 0.179. The van der Waals surface area contributed by atoms with Gasteiger partial charge in [0.2, 0.25) is 0 Å². The predicted molar refractivity (Wildman–Crippen MR) is 171 cm³/mol. The number of nitrogens with zero attached hydrogens (tertiary/aromatic N) is 2. The average Bonchev–Trinajstić information content (AvgIpc) is 3.04. The van der Waals surface area contributed by atoms with Crippen molar-refractivity contribution in [3.05, 3.63) is 178 Å². The smallest absolute Gasteiger partial charge is 0.256 e. The normalized spacial score (nSPS) is 17.8. The number of hydrogen-bond acceptors (Lipinski definition) is 2. The van der Waals surface area contributed by atoms with Gasteiger partial charge in [-0.2, -0.15) is 0 Å². The fourth-order valence-electron chi connectivity index (χ4n) is 6.21. The number of amides is 2. The van der Waals surface area contributed by atoms with E-state index in [9.17, 15) is 9.59 Å². The molecular weight excluding hydrogens is 528 g/mol. The highest BCUT2D eigenvalue weighted by atomic mass is 16.2. The van der Waals surface area contributed by atoms with Gasteiger partial charge in [-0.1, -0.05) is 138 Å². The molecular formula is C39H36N2O2. The number of hydrogen-bond donors (Lipinski definition) is 0. The van der Waals surface area contributed by atoms with E-state index in [2.05, 4.69) is 31.2 Å². The number of benzene rings is 5. The maximum Gasteiger partial charge on any atom is 0.256 e. The molecule has 43 heavy (non-hydrogen) atoms. The van der Waals surface area contributed by atoms with Crippen LogP contribution in [0.3, 0.4) is 0 Å². The molecule has 5 aromatic rings. The van der Waals surface area contributed by atoms with E-state index in [0.717, 1.165) is 38.9 Å². The van der Waals surface area contributed by atoms with Crippen LogP contribution in [0.1, 0.15) is 55.3 Å². The minimum atomic E-state index is -1.25. The van der Waals surface area contributed by atoms with E-state index in [4.69, 9.17) is 0 Å². The topological polar surface area (TPSA) is 40.6 Å². The van der Waals surface area contributed by atoms with E-state index in [1.807, 2.05) is 133 Å². The van der Waals surface area contributed by atoms with E-state index in [1.54, 1.807) is 0 Å². The second kappa shape index (κ2) is 11.7. The first kappa shape index (κ1) is 28.2. The molecule has 6 rings (SSSR count). The van der Waals surface area contributed by atoms with Crippen molar-refractivity contribution < 1.29 is 9.59 Å². The molecule has 4 heteroatoms. The van der Waals surface area contributed by atoms with Crippen LogP contribution in [0.15, 0.2) is 133 Å². The zero-order valence-corrected chi connectivity index (χ0v) is 24.9. The highest BCUT2D eigenvalue weighted by molar-refractivity contribution is 6.03. The summed E-state index contributed by atoms with van der Waals surface area (Å²) >= 11 is 0. The van der Waals surface area contributed by atoms with Crippen molar-refractivity contribution in [2.45, 2.75) is 45.4 Å². The molecule has 0 spiro atoms. The number of carbonyl (C=O) groups excluding carboxylic acids is 2. The lowest BCUT2D eigenvalue weighted by Gasteiger charge is -2.60. The molecule has 0 bridgehead atoms. The zero-order chi connectivity index (χ0) is 30.0. The summed E-state index contributed by atoms with van der Waals surface area (Å²) in [6.45, 7) is 6.84. The Bertz CT molecular complexity index is 1710. The van der Waals surface area contributed by atoms with Crippen molar-refractivity contribution in [3.63, 3.8) is 0 Å². The highest BCUT2D eigenvalue weighted by Gasteiger charge is 2.66. The second-order valence-electron chi connectivity index (χ2n) is 11.6. The van der Waals surface area contributed by atoms with Gasteiger partial charge in [-0.05, 0) is 55.2 Å². The number of rotatable bonds is 8. The predicted octanol–water partition coefficient (Wildman–Crippen LogP) is 7.93. The van der Waals surface area contributed by atoms with Crippen LogP contribution in [-0.4, -0.2) is 21.6 Å². The summed E-state index contributed by atoms with van der Waals surface area (Å²) in [5.74, 6) is -0.253. The maximum atomic E-state index is 15.0. The second-order valence-corrected chi connectivity index (χ2v) is 11.6. The molecule has 0 aromatic heterocycles. The quantitative estimate of drug-likeness (QED) is 0.180. The van der Waals surface area contributed by atoms with Gasteiger partial charge in [-0.25, -0.2) is 0 Å². The highest BCUT2D eigenvalue weighted by Crippen LogP contribution is 2.55. The van der Waals surface area contributed by atoms with Gasteiger partial charge in [0.25, 0.3) is 11.8 Å². The molecule has 4 nitrogen and oxygen atoms in total. The molecule has 0 saturated carbocycles. The van der Waals surface area contributed by atoms with Crippen LogP contribution in [0.4, 0.5) is 0 Å². The third-order valence-corrected chi connectivity index (χ3v) is 8.53. The van der Waals surface area contributed by atoms with Gasteiger partial charge >= 0.3 is 0 Å². The van der Waals surface area contributed by atoms with Crippen molar-refractivity contribution in [1.82, 2.24) is 9.80 Å².